The second-order valence-corrected chi connectivity index (χ2v) is 4.79. The Morgan fingerprint density at radius 3 is 2.50 bits per heavy atom. The number of benzene rings is 1. The molecule has 108 valence electrons. The summed E-state index contributed by atoms with van der Waals surface area (Å²) in [5.41, 5.74) is 5.71. The molecule has 0 aliphatic carbocycles. The third-order valence-corrected chi connectivity index (χ3v) is 3.53. The monoisotopic (exact) mass is 279 g/mol. The Morgan fingerprint density at radius 1 is 1.30 bits per heavy atom. The zero-order valence-electron chi connectivity index (χ0n) is 10.9. The highest BCUT2D eigenvalue weighted by Crippen LogP contribution is 2.26. The number of likely N-dealkylation sites (tertiary alicyclic amines) is 1. The Labute approximate surface area is 115 Å². The van der Waals surface area contributed by atoms with Crippen molar-refractivity contribution in [3.05, 3.63) is 23.8 Å². The van der Waals surface area contributed by atoms with E-state index in [9.17, 15) is 15.0 Å². The number of carbonyl (C=O) groups is 1. The van der Waals surface area contributed by atoms with Gasteiger partial charge in [-0.3, -0.25) is 4.79 Å². The van der Waals surface area contributed by atoms with Crippen LogP contribution in [0.3, 0.4) is 0 Å². The van der Waals surface area contributed by atoms with Gasteiger partial charge in [-0.15, -0.1) is 0 Å². The van der Waals surface area contributed by atoms with E-state index >= 15 is 0 Å². The SMILES string of the molecule is N/C(=N/O)C1CCN(C(=O)c2ccc(O)cc2O)CC1. The van der Waals surface area contributed by atoms with Gasteiger partial charge in [0.2, 0.25) is 0 Å². The topological polar surface area (TPSA) is 119 Å². The van der Waals surface area contributed by atoms with Crippen LogP contribution in [0.2, 0.25) is 0 Å². The molecule has 2 rings (SSSR count). The Morgan fingerprint density at radius 2 is 1.95 bits per heavy atom. The van der Waals surface area contributed by atoms with Crippen LogP contribution in [0.4, 0.5) is 0 Å². The van der Waals surface area contributed by atoms with Gasteiger partial charge >= 0.3 is 0 Å². The summed E-state index contributed by atoms with van der Waals surface area (Å²) in [5.74, 6) is -0.472. The van der Waals surface area contributed by atoms with Crippen LogP contribution < -0.4 is 5.73 Å². The quantitative estimate of drug-likeness (QED) is 0.275. The molecule has 1 saturated heterocycles. The molecule has 1 aliphatic rings. The number of rotatable bonds is 2. The molecule has 5 N–H and O–H groups in total. The number of hydrogen-bond donors (Lipinski definition) is 4. The molecule has 0 atom stereocenters. The standard InChI is InChI=1S/C13H17N3O4/c14-12(15-20)8-3-5-16(6-4-8)13(19)10-2-1-9(17)7-11(10)18/h1-2,7-8,17-18,20H,3-6H2,(H2,14,15). The second kappa shape index (κ2) is 5.68. The third kappa shape index (κ3) is 2.76. The van der Waals surface area contributed by atoms with E-state index in [0.717, 1.165) is 6.07 Å². The van der Waals surface area contributed by atoms with Crippen LogP contribution in [-0.2, 0) is 0 Å². The zero-order chi connectivity index (χ0) is 14.7. The number of phenols is 2. The summed E-state index contributed by atoms with van der Waals surface area (Å²) in [5, 5.41) is 30.5. The van der Waals surface area contributed by atoms with Crippen LogP contribution in [0.1, 0.15) is 23.2 Å². The first-order valence-corrected chi connectivity index (χ1v) is 6.31. The number of phenolic OH excluding ortho intramolecular Hbond substituents is 2. The Balaban J connectivity index is 2.05. The van der Waals surface area contributed by atoms with Gasteiger partial charge in [-0.25, -0.2) is 0 Å². The lowest BCUT2D eigenvalue weighted by molar-refractivity contribution is 0.0706. The molecule has 1 heterocycles. The molecule has 0 radical (unpaired) electrons. The summed E-state index contributed by atoms with van der Waals surface area (Å²) in [4.78, 5) is 13.9. The number of oxime groups is 1. The lowest BCUT2D eigenvalue weighted by Crippen LogP contribution is -2.41. The number of nitrogens with zero attached hydrogens (tertiary/aromatic N) is 2. The number of nitrogens with two attached hydrogens (primary N) is 1. The van der Waals surface area contributed by atoms with E-state index in [2.05, 4.69) is 5.16 Å². The molecule has 1 fully saturated rings. The van der Waals surface area contributed by atoms with Gasteiger partial charge in [0.15, 0.2) is 0 Å². The molecule has 1 aliphatic heterocycles. The number of aromatic hydroxyl groups is 2. The van der Waals surface area contributed by atoms with Crippen molar-refractivity contribution in [2.24, 2.45) is 16.8 Å². The third-order valence-electron chi connectivity index (χ3n) is 3.53. The number of amidine groups is 1. The molecule has 7 nitrogen and oxygen atoms in total. The Bertz CT molecular complexity index is 536. The first-order valence-electron chi connectivity index (χ1n) is 6.31. The molecule has 0 unspecified atom stereocenters. The fraction of sp³-hybridized carbons (Fsp3) is 0.385. The van der Waals surface area contributed by atoms with Crippen LogP contribution >= 0.6 is 0 Å². The van der Waals surface area contributed by atoms with Crippen molar-refractivity contribution in [2.45, 2.75) is 12.8 Å². The van der Waals surface area contributed by atoms with Gasteiger partial charge in [0.25, 0.3) is 5.91 Å². The summed E-state index contributed by atoms with van der Waals surface area (Å²) < 4.78 is 0. The van der Waals surface area contributed by atoms with Crippen molar-refractivity contribution in [1.82, 2.24) is 4.90 Å². The minimum absolute atomic E-state index is 0.0301. The number of carbonyl (C=O) groups excluding carboxylic acids is 1. The highest BCUT2D eigenvalue weighted by atomic mass is 16.4. The van der Waals surface area contributed by atoms with Gasteiger partial charge in [0, 0.05) is 25.1 Å². The fourth-order valence-electron chi connectivity index (χ4n) is 2.33. The van der Waals surface area contributed by atoms with Crippen LogP contribution in [0.25, 0.3) is 0 Å². The van der Waals surface area contributed by atoms with Crippen molar-refractivity contribution in [2.75, 3.05) is 13.1 Å². The smallest absolute Gasteiger partial charge is 0.257 e. The van der Waals surface area contributed by atoms with Crippen LogP contribution in [0.5, 0.6) is 11.5 Å². The molecular weight excluding hydrogens is 262 g/mol. The van der Waals surface area contributed by atoms with Crippen LogP contribution in [0.15, 0.2) is 23.4 Å². The largest absolute Gasteiger partial charge is 0.508 e. The van der Waals surface area contributed by atoms with Crippen molar-refractivity contribution in [3.8, 4) is 11.5 Å². The first kappa shape index (κ1) is 14.0. The Hall–Kier alpha value is -2.44. The summed E-state index contributed by atoms with van der Waals surface area (Å²) in [6.45, 7) is 0.945. The lowest BCUT2D eigenvalue weighted by Gasteiger charge is -2.31. The lowest BCUT2D eigenvalue weighted by atomic mass is 9.95. The molecule has 20 heavy (non-hydrogen) atoms. The van der Waals surface area contributed by atoms with E-state index in [0.29, 0.717) is 25.9 Å². The minimum Gasteiger partial charge on any atom is -0.508 e. The van der Waals surface area contributed by atoms with Gasteiger partial charge in [-0.05, 0) is 25.0 Å². The maximum absolute atomic E-state index is 12.3. The number of piperidine rings is 1. The van der Waals surface area contributed by atoms with E-state index in [-0.39, 0.29) is 34.7 Å². The van der Waals surface area contributed by atoms with Crippen molar-refractivity contribution in [1.29, 1.82) is 0 Å². The molecule has 1 aromatic rings. The van der Waals surface area contributed by atoms with Crippen LogP contribution in [0, 0.1) is 5.92 Å². The highest BCUT2D eigenvalue weighted by molar-refractivity contribution is 5.97. The predicted molar refractivity (Wildman–Crippen MR) is 71.8 cm³/mol. The van der Waals surface area contributed by atoms with Gasteiger partial charge in [-0.1, -0.05) is 5.16 Å². The maximum atomic E-state index is 12.3. The molecule has 0 spiro atoms. The normalized spacial score (nSPS) is 17.2. The molecule has 0 saturated carbocycles. The summed E-state index contributed by atoms with van der Waals surface area (Å²) >= 11 is 0. The summed E-state index contributed by atoms with van der Waals surface area (Å²) in [6, 6.07) is 3.88. The molecule has 7 heteroatoms. The molecule has 1 aromatic carbocycles. The van der Waals surface area contributed by atoms with Crippen LogP contribution in [-0.4, -0.2) is 45.2 Å². The summed E-state index contributed by atoms with van der Waals surface area (Å²) in [7, 11) is 0. The summed E-state index contributed by atoms with van der Waals surface area (Å²) in [6.07, 6.45) is 1.22. The van der Waals surface area contributed by atoms with E-state index < -0.39 is 0 Å². The highest BCUT2D eigenvalue weighted by Gasteiger charge is 2.27. The molecular formula is C13H17N3O4. The fourth-order valence-corrected chi connectivity index (χ4v) is 2.33. The number of amides is 1. The van der Waals surface area contributed by atoms with Gasteiger partial charge in [-0.2, -0.15) is 0 Å². The second-order valence-electron chi connectivity index (χ2n) is 4.79. The van der Waals surface area contributed by atoms with Crippen molar-refractivity contribution in [3.63, 3.8) is 0 Å². The first-order chi connectivity index (χ1) is 9.52. The van der Waals surface area contributed by atoms with E-state index in [1.165, 1.54) is 12.1 Å². The predicted octanol–water partition coefficient (Wildman–Crippen LogP) is 0.696. The van der Waals surface area contributed by atoms with Crippen molar-refractivity contribution < 1.29 is 20.2 Å². The Kier molecular flexibility index (Phi) is 3.97. The van der Waals surface area contributed by atoms with Gasteiger partial charge in [0.05, 0.1) is 5.56 Å². The average molecular weight is 279 g/mol. The average Bonchev–Trinajstić information content (AvgIpc) is 2.46. The molecule has 0 aromatic heterocycles. The van der Waals surface area contributed by atoms with E-state index in [4.69, 9.17) is 10.9 Å². The maximum Gasteiger partial charge on any atom is 0.257 e. The van der Waals surface area contributed by atoms with Gasteiger partial charge in [0.1, 0.15) is 17.3 Å². The minimum atomic E-state index is -0.291. The van der Waals surface area contributed by atoms with E-state index in [1.807, 2.05) is 0 Å². The van der Waals surface area contributed by atoms with Gasteiger partial charge < -0.3 is 26.1 Å². The number of hydrogen-bond acceptors (Lipinski definition) is 5. The van der Waals surface area contributed by atoms with E-state index in [1.54, 1.807) is 4.90 Å². The molecule has 1 amide bonds. The zero-order valence-corrected chi connectivity index (χ0v) is 10.9. The van der Waals surface area contributed by atoms with Crippen molar-refractivity contribution >= 4 is 11.7 Å². The molecule has 0 bridgehead atoms.